The average molecular weight is 349 g/mol. The van der Waals surface area contributed by atoms with E-state index in [-0.39, 0.29) is 12.1 Å². The largest absolute Gasteiger partial charge is 0.486 e. The topological polar surface area (TPSA) is 72.1 Å². The number of hydrogen-bond acceptors (Lipinski definition) is 5. The van der Waals surface area contributed by atoms with Crippen LogP contribution in [0, 0.1) is 0 Å². The van der Waals surface area contributed by atoms with Gasteiger partial charge in [0.1, 0.15) is 13.2 Å². The molecule has 3 rings (SSSR count). The summed E-state index contributed by atoms with van der Waals surface area (Å²) in [5.41, 5.74) is 1.12. The monoisotopic (exact) mass is 349 g/mol. The SMILES string of the molecule is CC(CN1CCOCC1)NC(=O)NCCc1ccc2c(c1)OCCO2. The molecule has 25 heavy (non-hydrogen) atoms. The zero-order chi connectivity index (χ0) is 17.5. The summed E-state index contributed by atoms with van der Waals surface area (Å²) in [5.74, 6) is 1.57. The molecule has 1 aromatic carbocycles. The quantitative estimate of drug-likeness (QED) is 0.802. The lowest BCUT2D eigenvalue weighted by atomic mass is 10.1. The number of urea groups is 1. The van der Waals surface area contributed by atoms with Crippen LogP contribution in [0.4, 0.5) is 4.79 Å². The van der Waals surface area contributed by atoms with E-state index < -0.39 is 0 Å². The predicted octanol–water partition coefficient (Wildman–Crippen LogP) is 1.02. The van der Waals surface area contributed by atoms with Crippen LogP contribution in [-0.2, 0) is 11.2 Å². The fraction of sp³-hybridized carbons (Fsp3) is 0.611. The fourth-order valence-electron chi connectivity index (χ4n) is 3.06. The molecule has 7 heteroatoms. The summed E-state index contributed by atoms with van der Waals surface area (Å²) in [5, 5.41) is 5.90. The molecule has 0 aromatic heterocycles. The van der Waals surface area contributed by atoms with E-state index >= 15 is 0 Å². The lowest BCUT2D eigenvalue weighted by Gasteiger charge is -2.29. The number of nitrogens with one attached hydrogen (secondary N) is 2. The van der Waals surface area contributed by atoms with Gasteiger partial charge in [0.05, 0.1) is 13.2 Å². The van der Waals surface area contributed by atoms with Gasteiger partial charge < -0.3 is 24.8 Å². The Labute approximate surface area is 148 Å². The molecule has 0 spiro atoms. The second-order valence-electron chi connectivity index (χ2n) is 6.44. The van der Waals surface area contributed by atoms with Crippen LogP contribution in [0.2, 0.25) is 0 Å². The highest BCUT2D eigenvalue weighted by atomic mass is 16.6. The summed E-state index contributed by atoms with van der Waals surface area (Å²) in [7, 11) is 0. The molecule has 2 N–H and O–H groups in total. The fourth-order valence-corrected chi connectivity index (χ4v) is 3.06. The molecule has 1 atom stereocenters. The molecule has 1 fully saturated rings. The number of ether oxygens (including phenoxy) is 3. The first-order valence-corrected chi connectivity index (χ1v) is 8.94. The zero-order valence-corrected chi connectivity index (χ0v) is 14.8. The second-order valence-corrected chi connectivity index (χ2v) is 6.44. The lowest BCUT2D eigenvalue weighted by Crippen LogP contribution is -2.48. The summed E-state index contributed by atoms with van der Waals surface area (Å²) < 4.78 is 16.4. The van der Waals surface area contributed by atoms with E-state index in [0.29, 0.717) is 19.8 Å². The Morgan fingerprint density at radius 2 is 1.92 bits per heavy atom. The highest BCUT2D eigenvalue weighted by Crippen LogP contribution is 2.30. The number of nitrogens with zero attached hydrogens (tertiary/aromatic N) is 1. The van der Waals surface area contributed by atoms with Crippen molar-refractivity contribution in [3.05, 3.63) is 23.8 Å². The number of carbonyl (C=O) groups excluding carboxylic acids is 1. The Morgan fingerprint density at radius 1 is 1.16 bits per heavy atom. The van der Waals surface area contributed by atoms with Crippen LogP contribution in [0.25, 0.3) is 0 Å². The Balaban J connectivity index is 1.36. The number of hydrogen-bond donors (Lipinski definition) is 2. The minimum atomic E-state index is -0.127. The van der Waals surface area contributed by atoms with E-state index in [1.165, 1.54) is 0 Å². The standard InChI is InChI=1S/C18H27N3O4/c1-14(13-21-6-8-23-9-7-21)20-18(22)19-5-4-15-2-3-16-17(12-15)25-11-10-24-16/h2-3,12,14H,4-11,13H2,1H3,(H2,19,20,22). The van der Waals surface area contributed by atoms with Crippen molar-refractivity contribution < 1.29 is 19.0 Å². The van der Waals surface area contributed by atoms with Crippen LogP contribution in [0.3, 0.4) is 0 Å². The number of benzene rings is 1. The van der Waals surface area contributed by atoms with Crippen LogP contribution in [0.1, 0.15) is 12.5 Å². The summed E-state index contributed by atoms with van der Waals surface area (Å²) in [4.78, 5) is 14.3. The molecule has 0 bridgehead atoms. The van der Waals surface area contributed by atoms with E-state index in [4.69, 9.17) is 14.2 Å². The molecule has 0 saturated carbocycles. The van der Waals surface area contributed by atoms with Gasteiger partial charge in [-0.1, -0.05) is 6.07 Å². The maximum atomic E-state index is 12.0. The third-order valence-corrected chi connectivity index (χ3v) is 4.32. The molecule has 0 radical (unpaired) electrons. The molecule has 0 aliphatic carbocycles. The smallest absolute Gasteiger partial charge is 0.315 e. The van der Waals surface area contributed by atoms with E-state index in [2.05, 4.69) is 15.5 Å². The molecular weight excluding hydrogens is 322 g/mol. The maximum Gasteiger partial charge on any atom is 0.315 e. The first-order chi connectivity index (χ1) is 12.2. The molecule has 2 amide bonds. The van der Waals surface area contributed by atoms with Crippen LogP contribution < -0.4 is 20.1 Å². The van der Waals surface area contributed by atoms with E-state index in [1.54, 1.807) is 0 Å². The van der Waals surface area contributed by atoms with Gasteiger partial charge in [-0.05, 0) is 31.0 Å². The minimum Gasteiger partial charge on any atom is -0.486 e. The van der Waals surface area contributed by atoms with Crippen molar-refractivity contribution in [2.75, 3.05) is 52.6 Å². The molecule has 1 saturated heterocycles. The van der Waals surface area contributed by atoms with E-state index in [1.807, 2.05) is 25.1 Å². The Hall–Kier alpha value is -1.99. The van der Waals surface area contributed by atoms with Crippen LogP contribution in [-0.4, -0.2) is 69.6 Å². The highest BCUT2D eigenvalue weighted by Gasteiger charge is 2.15. The molecule has 138 valence electrons. The van der Waals surface area contributed by atoms with Gasteiger partial charge in [-0.25, -0.2) is 4.79 Å². The van der Waals surface area contributed by atoms with E-state index in [9.17, 15) is 4.79 Å². The number of rotatable bonds is 6. The normalized spacial score (nSPS) is 18.4. The predicted molar refractivity (Wildman–Crippen MR) is 94.4 cm³/mol. The first-order valence-electron chi connectivity index (χ1n) is 8.94. The maximum absolute atomic E-state index is 12.0. The van der Waals surface area contributed by atoms with Crippen molar-refractivity contribution in [1.82, 2.24) is 15.5 Å². The van der Waals surface area contributed by atoms with Crippen molar-refractivity contribution in [3.8, 4) is 11.5 Å². The molecule has 2 aliphatic heterocycles. The molecule has 7 nitrogen and oxygen atoms in total. The number of morpholine rings is 1. The van der Waals surface area contributed by atoms with Gasteiger partial charge in [-0.3, -0.25) is 4.90 Å². The number of fused-ring (bicyclic) bond motifs is 1. The third kappa shape index (κ3) is 5.51. The summed E-state index contributed by atoms with van der Waals surface area (Å²) >= 11 is 0. The van der Waals surface area contributed by atoms with Crippen molar-refractivity contribution in [1.29, 1.82) is 0 Å². The van der Waals surface area contributed by atoms with Gasteiger partial charge >= 0.3 is 6.03 Å². The summed E-state index contributed by atoms with van der Waals surface area (Å²) in [6, 6.07) is 5.89. The first kappa shape index (κ1) is 17.8. The Bertz CT molecular complexity index is 575. The molecule has 2 heterocycles. The van der Waals surface area contributed by atoms with Crippen LogP contribution in [0.15, 0.2) is 18.2 Å². The Morgan fingerprint density at radius 3 is 2.72 bits per heavy atom. The van der Waals surface area contributed by atoms with Crippen molar-refractivity contribution in [2.24, 2.45) is 0 Å². The lowest BCUT2D eigenvalue weighted by molar-refractivity contribution is 0.0349. The molecule has 1 aromatic rings. The van der Waals surface area contributed by atoms with Gasteiger partial charge in [0.15, 0.2) is 11.5 Å². The molecular formula is C18H27N3O4. The van der Waals surface area contributed by atoms with Gasteiger partial charge in [0.2, 0.25) is 0 Å². The minimum absolute atomic E-state index is 0.104. The molecule has 2 aliphatic rings. The van der Waals surface area contributed by atoms with Gasteiger partial charge in [0.25, 0.3) is 0 Å². The van der Waals surface area contributed by atoms with Crippen molar-refractivity contribution in [3.63, 3.8) is 0 Å². The Kier molecular flexibility index (Phi) is 6.36. The number of carbonyl (C=O) groups is 1. The summed E-state index contributed by atoms with van der Waals surface area (Å²) in [6.07, 6.45) is 0.752. The van der Waals surface area contributed by atoms with Crippen LogP contribution >= 0.6 is 0 Å². The second kappa shape index (κ2) is 8.92. The van der Waals surface area contributed by atoms with Crippen molar-refractivity contribution >= 4 is 6.03 Å². The zero-order valence-electron chi connectivity index (χ0n) is 14.8. The van der Waals surface area contributed by atoms with E-state index in [0.717, 1.165) is 56.3 Å². The van der Waals surface area contributed by atoms with Crippen molar-refractivity contribution in [2.45, 2.75) is 19.4 Å². The van der Waals surface area contributed by atoms with Gasteiger partial charge in [-0.2, -0.15) is 0 Å². The number of amides is 2. The molecule has 1 unspecified atom stereocenters. The van der Waals surface area contributed by atoms with Gasteiger partial charge in [-0.15, -0.1) is 0 Å². The summed E-state index contributed by atoms with van der Waals surface area (Å²) in [6.45, 7) is 8.03. The van der Waals surface area contributed by atoms with Gasteiger partial charge in [0, 0.05) is 32.2 Å². The van der Waals surface area contributed by atoms with Crippen LogP contribution in [0.5, 0.6) is 11.5 Å². The highest BCUT2D eigenvalue weighted by molar-refractivity contribution is 5.74. The third-order valence-electron chi connectivity index (χ3n) is 4.32. The average Bonchev–Trinajstić information content (AvgIpc) is 2.62.